The highest BCUT2D eigenvalue weighted by Gasteiger charge is 2.26. The van der Waals surface area contributed by atoms with Gasteiger partial charge in [-0.3, -0.25) is 0 Å². The van der Waals surface area contributed by atoms with Gasteiger partial charge in [-0.2, -0.15) is 0 Å². The van der Waals surface area contributed by atoms with Crippen LogP contribution in [0.25, 0.3) is 0 Å². The second kappa shape index (κ2) is 7.69. The third kappa shape index (κ3) is 3.82. The highest BCUT2D eigenvalue weighted by Crippen LogP contribution is 2.35. The predicted octanol–water partition coefficient (Wildman–Crippen LogP) is 4.66. The van der Waals surface area contributed by atoms with Gasteiger partial charge in [-0.15, -0.1) is 0 Å². The van der Waals surface area contributed by atoms with Gasteiger partial charge in [-0.05, 0) is 49.3 Å². The maximum atomic E-state index is 3.75. The number of likely N-dealkylation sites (N-methyl/N-ethyl adjacent to an activating group) is 1. The third-order valence-corrected chi connectivity index (χ3v) is 4.49. The molecule has 2 unspecified atom stereocenters. The third-order valence-electron chi connectivity index (χ3n) is 4.49. The van der Waals surface area contributed by atoms with E-state index in [4.69, 9.17) is 0 Å². The number of hydrogen-bond acceptors (Lipinski definition) is 1. The highest BCUT2D eigenvalue weighted by atomic mass is 14.9. The van der Waals surface area contributed by atoms with E-state index < -0.39 is 0 Å². The zero-order valence-corrected chi connectivity index (χ0v) is 12.6. The molecule has 0 saturated heterocycles. The quantitative estimate of drug-likeness (QED) is 0.702. The van der Waals surface area contributed by atoms with Crippen LogP contribution in [0, 0.1) is 0 Å². The summed E-state index contributed by atoms with van der Waals surface area (Å²) >= 11 is 0. The van der Waals surface area contributed by atoms with E-state index >= 15 is 0 Å². The molecule has 0 saturated carbocycles. The number of fused-ring (bicyclic) bond motifs is 1. The lowest BCUT2D eigenvalue weighted by Crippen LogP contribution is -2.36. The van der Waals surface area contributed by atoms with Gasteiger partial charge in [0.15, 0.2) is 0 Å². The standard InChI is InChI=1S/C18H29N/c1-3-5-6-14-18(19-4-2)17-13-9-11-15-10-7-8-12-16(15)17/h7-8,10,12,17-19H,3-6,9,11,13-14H2,1-2H3. The molecule has 1 aromatic rings. The van der Waals surface area contributed by atoms with Gasteiger partial charge in [0.05, 0.1) is 0 Å². The molecule has 2 atom stereocenters. The van der Waals surface area contributed by atoms with E-state index in [2.05, 4.69) is 43.4 Å². The Balaban J connectivity index is 2.08. The molecule has 1 aliphatic carbocycles. The van der Waals surface area contributed by atoms with Crippen LogP contribution in [0.1, 0.15) is 69.4 Å². The number of hydrogen-bond donors (Lipinski definition) is 1. The number of aryl methyl sites for hydroxylation is 1. The van der Waals surface area contributed by atoms with Crippen molar-refractivity contribution < 1.29 is 0 Å². The molecule has 1 nitrogen and oxygen atoms in total. The number of nitrogens with one attached hydrogen (secondary N) is 1. The van der Waals surface area contributed by atoms with Gasteiger partial charge in [0.2, 0.25) is 0 Å². The van der Waals surface area contributed by atoms with Crippen LogP contribution in [-0.4, -0.2) is 12.6 Å². The molecule has 0 amide bonds. The molecule has 0 spiro atoms. The molecule has 0 aromatic heterocycles. The summed E-state index contributed by atoms with van der Waals surface area (Å²) in [4.78, 5) is 0. The first-order valence-electron chi connectivity index (χ1n) is 8.18. The normalized spacial score (nSPS) is 20.0. The smallest absolute Gasteiger partial charge is 0.0136 e. The Labute approximate surface area is 118 Å². The molecule has 0 aliphatic heterocycles. The van der Waals surface area contributed by atoms with E-state index in [1.165, 1.54) is 44.9 Å². The Kier molecular flexibility index (Phi) is 5.91. The van der Waals surface area contributed by atoms with Gasteiger partial charge in [0.25, 0.3) is 0 Å². The van der Waals surface area contributed by atoms with Gasteiger partial charge in [-0.25, -0.2) is 0 Å². The lowest BCUT2D eigenvalue weighted by Gasteiger charge is -2.33. The van der Waals surface area contributed by atoms with Crippen molar-refractivity contribution in [3.8, 4) is 0 Å². The van der Waals surface area contributed by atoms with E-state index in [1.807, 2.05) is 0 Å². The summed E-state index contributed by atoms with van der Waals surface area (Å²) in [7, 11) is 0. The molecule has 1 aromatic carbocycles. The van der Waals surface area contributed by atoms with E-state index in [9.17, 15) is 0 Å². The minimum atomic E-state index is 0.679. The molecule has 19 heavy (non-hydrogen) atoms. The molecule has 0 fully saturated rings. The zero-order chi connectivity index (χ0) is 13.5. The summed E-state index contributed by atoms with van der Waals surface area (Å²) in [6.45, 7) is 5.62. The number of benzene rings is 1. The van der Waals surface area contributed by atoms with Crippen molar-refractivity contribution in [2.45, 2.75) is 70.8 Å². The summed E-state index contributed by atoms with van der Waals surface area (Å²) in [5.74, 6) is 0.738. The Hall–Kier alpha value is -0.820. The van der Waals surface area contributed by atoms with Crippen LogP contribution in [0.5, 0.6) is 0 Å². The maximum Gasteiger partial charge on any atom is 0.0136 e. The van der Waals surface area contributed by atoms with Gasteiger partial charge < -0.3 is 5.32 Å². The van der Waals surface area contributed by atoms with E-state index in [0.29, 0.717) is 6.04 Å². The largest absolute Gasteiger partial charge is 0.314 e. The van der Waals surface area contributed by atoms with Crippen molar-refractivity contribution in [2.75, 3.05) is 6.54 Å². The SMILES string of the molecule is CCCCCC(NCC)C1CCCc2ccccc21. The molecular weight excluding hydrogens is 230 g/mol. The molecule has 1 N–H and O–H groups in total. The van der Waals surface area contributed by atoms with Crippen molar-refractivity contribution in [3.05, 3.63) is 35.4 Å². The van der Waals surface area contributed by atoms with Crippen LogP contribution in [0.4, 0.5) is 0 Å². The zero-order valence-electron chi connectivity index (χ0n) is 12.6. The van der Waals surface area contributed by atoms with E-state index in [1.54, 1.807) is 11.1 Å². The van der Waals surface area contributed by atoms with Crippen LogP contribution in [0.15, 0.2) is 24.3 Å². The van der Waals surface area contributed by atoms with Gasteiger partial charge in [0, 0.05) is 6.04 Å². The topological polar surface area (TPSA) is 12.0 Å². The minimum Gasteiger partial charge on any atom is -0.314 e. The Morgan fingerprint density at radius 1 is 1.21 bits per heavy atom. The molecule has 0 bridgehead atoms. The lowest BCUT2D eigenvalue weighted by atomic mass is 9.77. The molecule has 2 rings (SSSR count). The van der Waals surface area contributed by atoms with E-state index in [-0.39, 0.29) is 0 Å². The van der Waals surface area contributed by atoms with Crippen molar-refractivity contribution in [1.29, 1.82) is 0 Å². The monoisotopic (exact) mass is 259 g/mol. The minimum absolute atomic E-state index is 0.679. The second-order valence-corrected chi connectivity index (χ2v) is 5.86. The van der Waals surface area contributed by atoms with Crippen LogP contribution in [0.3, 0.4) is 0 Å². The first-order valence-corrected chi connectivity index (χ1v) is 8.18. The number of unbranched alkanes of at least 4 members (excludes halogenated alkanes) is 2. The summed E-state index contributed by atoms with van der Waals surface area (Å²) in [5.41, 5.74) is 3.22. The van der Waals surface area contributed by atoms with Crippen molar-refractivity contribution in [2.24, 2.45) is 0 Å². The van der Waals surface area contributed by atoms with Crippen LogP contribution in [0.2, 0.25) is 0 Å². The summed E-state index contributed by atoms with van der Waals surface area (Å²) in [5, 5.41) is 3.75. The van der Waals surface area contributed by atoms with Crippen molar-refractivity contribution in [3.63, 3.8) is 0 Å². The first kappa shape index (κ1) is 14.6. The van der Waals surface area contributed by atoms with Crippen LogP contribution >= 0.6 is 0 Å². The maximum absolute atomic E-state index is 3.75. The number of rotatable bonds is 7. The predicted molar refractivity (Wildman–Crippen MR) is 83.7 cm³/mol. The van der Waals surface area contributed by atoms with Crippen molar-refractivity contribution in [1.82, 2.24) is 5.32 Å². The van der Waals surface area contributed by atoms with Gasteiger partial charge in [-0.1, -0.05) is 57.4 Å². The molecule has 0 radical (unpaired) electrons. The highest BCUT2D eigenvalue weighted by molar-refractivity contribution is 5.33. The molecule has 1 aliphatic rings. The molecule has 106 valence electrons. The van der Waals surface area contributed by atoms with E-state index in [0.717, 1.165) is 12.5 Å². The molecule has 1 heteroatoms. The summed E-state index contributed by atoms with van der Waals surface area (Å²) < 4.78 is 0. The first-order chi connectivity index (χ1) is 9.36. The van der Waals surface area contributed by atoms with Crippen LogP contribution < -0.4 is 5.32 Å². The summed E-state index contributed by atoms with van der Waals surface area (Å²) in [6.07, 6.45) is 9.39. The van der Waals surface area contributed by atoms with Crippen LogP contribution in [-0.2, 0) is 6.42 Å². The molecular formula is C18H29N. The Bertz CT molecular complexity index is 372. The average molecular weight is 259 g/mol. The Morgan fingerprint density at radius 2 is 2.05 bits per heavy atom. The van der Waals surface area contributed by atoms with Crippen molar-refractivity contribution >= 4 is 0 Å². The fraction of sp³-hybridized carbons (Fsp3) is 0.667. The van der Waals surface area contributed by atoms with Gasteiger partial charge >= 0.3 is 0 Å². The second-order valence-electron chi connectivity index (χ2n) is 5.86. The summed E-state index contributed by atoms with van der Waals surface area (Å²) in [6, 6.07) is 9.78. The van der Waals surface area contributed by atoms with Gasteiger partial charge in [0.1, 0.15) is 0 Å². The molecule has 0 heterocycles. The fourth-order valence-electron chi connectivity index (χ4n) is 3.53. The Morgan fingerprint density at radius 3 is 2.84 bits per heavy atom. The average Bonchev–Trinajstić information content (AvgIpc) is 2.46. The lowest BCUT2D eigenvalue weighted by molar-refractivity contribution is 0.368. The fourth-order valence-corrected chi connectivity index (χ4v) is 3.53.